The number of nitrogens with one attached hydrogen (secondary N) is 1. The van der Waals surface area contributed by atoms with Crippen LogP contribution in [0, 0.1) is 0 Å². The van der Waals surface area contributed by atoms with Crippen molar-refractivity contribution >= 4 is 29.0 Å². The maximum Gasteiger partial charge on any atom is 0.241 e. The van der Waals surface area contributed by atoms with E-state index in [2.05, 4.69) is 15.2 Å². The predicted octanol–water partition coefficient (Wildman–Crippen LogP) is 2.50. The lowest BCUT2D eigenvalue weighted by Crippen LogP contribution is -2.50. The van der Waals surface area contributed by atoms with Crippen molar-refractivity contribution in [2.45, 2.75) is 0 Å². The van der Waals surface area contributed by atoms with Gasteiger partial charge in [0.15, 0.2) is 0 Å². The highest BCUT2D eigenvalue weighted by Gasteiger charge is 2.21. The summed E-state index contributed by atoms with van der Waals surface area (Å²) in [5.41, 5.74) is 0.859. The van der Waals surface area contributed by atoms with Crippen molar-refractivity contribution in [3.05, 3.63) is 53.7 Å². The second-order valence-electron chi connectivity index (χ2n) is 5.42. The van der Waals surface area contributed by atoms with Crippen molar-refractivity contribution in [1.29, 1.82) is 0 Å². The van der Waals surface area contributed by atoms with E-state index >= 15 is 0 Å². The van der Waals surface area contributed by atoms with Crippen LogP contribution in [0.2, 0.25) is 5.02 Å². The molecule has 0 spiro atoms. The summed E-state index contributed by atoms with van der Waals surface area (Å²) in [6.07, 6.45) is 1.79. The molecule has 2 heterocycles. The summed E-state index contributed by atoms with van der Waals surface area (Å²) in [5, 5.41) is 3.78. The number of carbonyl (C=O) groups excluding carboxylic acids is 1. The molecule has 3 rings (SSSR count). The lowest BCUT2D eigenvalue weighted by Gasteiger charge is -2.35. The van der Waals surface area contributed by atoms with Crippen LogP contribution in [0.5, 0.6) is 0 Å². The van der Waals surface area contributed by atoms with Gasteiger partial charge >= 0.3 is 0 Å². The van der Waals surface area contributed by atoms with Crippen LogP contribution < -0.4 is 10.2 Å². The van der Waals surface area contributed by atoms with Crippen LogP contribution >= 0.6 is 11.6 Å². The Bertz CT molecular complexity index is 657. The van der Waals surface area contributed by atoms with Gasteiger partial charge in [-0.05, 0) is 30.3 Å². The summed E-state index contributed by atoms with van der Waals surface area (Å²) in [4.78, 5) is 20.7. The summed E-state index contributed by atoms with van der Waals surface area (Å²) in [7, 11) is 0. The number of amides is 1. The molecular weight excluding hydrogens is 312 g/mol. The largest absolute Gasteiger partial charge is 0.376 e. The molecular formula is C17H19ClN4O. The SMILES string of the molecule is O=C(CNc1cccc(Cl)c1)N1CCN(c2ccccn2)CC1. The summed E-state index contributed by atoms with van der Waals surface area (Å²) >= 11 is 5.94. The molecule has 0 atom stereocenters. The molecule has 0 radical (unpaired) electrons. The quantitative estimate of drug-likeness (QED) is 0.935. The number of aromatic nitrogens is 1. The van der Waals surface area contributed by atoms with Gasteiger partial charge in [0.2, 0.25) is 5.91 Å². The van der Waals surface area contributed by atoms with Crippen molar-refractivity contribution in [2.75, 3.05) is 42.9 Å². The number of pyridine rings is 1. The molecule has 1 aromatic carbocycles. The highest BCUT2D eigenvalue weighted by molar-refractivity contribution is 6.30. The van der Waals surface area contributed by atoms with Crippen LogP contribution in [0.1, 0.15) is 0 Å². The lowest BCUT2D eigenvalue weighted by atomic mass is 10.3. The first-order valence-electron chi connectivity index (χ1n) is 7.65. The van der Waals surface area contributed by atoms with Gasteiger partial charge in [-0.25, -0.2) is 4.98 Å². The van der Waals surface area contributed by atoms with Gasteiger partial charge in [-0.3, -0.25) is 4.79 Å². The van der Waals surface area contributed by atoms with Crippen molar-refractivity contribution in [1.82, 2.24) is 9.88 Å². The zero-order chi connectivity index (χ0) is 16.1. The summed E-state index contributed by atoms with van der Waals surface area (Å²) < 4.78 is 0. The van der Waals surface area contributed by atoms with E-state index in [0.29, 0.717) is 18.1 Å². The number of carbonyl (C=O) groups is 1. The Balaban J connectivity index is 1.48. The minimum absolute atomic E-state index is 0.102. The van der Waals surface area contributed by atoms with E-state index < -0.39 is 0 Å². The van der Waals surface area contributed by atoms with Crippen LogP contribution in [-0.2, 0) is 4.79 Å². The zero-order valence-electron chi connectivity index (χ0n) is 12.8. The fourth-order valence-electron chi connectivity index (χ4n) is 2.61. The van der Waals surface area contributed by atoms with Gasteiger partial charge in [0.25, 0.3) is 0 Å². The van der Waals surface area contributed by atoms with E-state index in [4.69, 9.17) is 11.6 Å². The standard InChI is InChI=1S/C17H19ClN4O/c18-14-4-3-5-15(12-14)20-13-17(23)22-10-8-21(9-11-22)16-6-1-2-7-19-16/h1-7,12,20H,8-11,13H2. The Morgan fingerprint density at radius 1 is 1.13 bits per heavy atom. The maximum atomic E-state index is 12.3. The fourth-order valence-corrected chi connectivity index (χ4v) is 2.80. The molecule has 2 aromatic rings. The van der Waals surface area contributed by atoms with E-state index in [0.717, 1.165) is 24.6 Å². The topological polar surface area (TPSA) is 48.5 Å². The second kappa shape index (κ2) is 7.33. The van der Waals surface area contributed by atoms with Crippen molar-refractivity contribution in [2.24, 2.45) is 0 Å². The summed E-state index contributed by atoms with van der Waals surface area (Å²) in [5.74, 6) is 1.07. The molecule has 1 fully saturated rings. The van der Waals surface area contributed by atoms with Crippen LogP contribution in [0.4, 0.5) is 11.5 Å². The normalized spacial score (nSPS) is 14.7. The fraction of sp³-hybridized carbons (Fsp3) is 0.294. The first-order valence-corrected chi connectivity index (χ1v) is 8.03. The number of hydrogen-bond donors (Lipinski definition) is 1. The first kappa shape index (κ1) is 15.6. The molecule has 23 heavy (non-hydrogen) atoms. The predicted molar refractivity (Wildman–Crippen MR) is 93.0 cm³/mol. The van der Waals surface area contributed by atoms with Gasteiger partial charge in [0, 0.05) is 43.1 Å². The van der Waals surface area contributed by atoms with Gasteiger partial charge in [-0.1, -0.05) is 23.7 Å². The van der Waals surface area contributed by atoms with Crippen molar-refractivity contribution in [3.63, 3.8) is 0 Å². The third kappa shape index (κ3) is 4.13. The van der Waals surface area contributed by atoms with Gasteiger partial charge in [0.05, 0.1) is 6.54 Å². The van der Waals surface area contributed by atoms with E-state index in [9.17, 15) is 4.79 Å². The smallest absolute Gasteiger partial charge is 0.241 e. The third-order valence-electron chi connectivity index (χ3n) is 3.87. The number of nitrogens with zero attached hydrogens (tertiary/aromatic N) is 3. The zero-order valence-corrected chi connectivity index (χ0v) is 13.5. The highest BCUT2D eigenvalue weighted by atomic mass is 35.5. The van der Waals surface area contributed by atoms with Crippen LogP contribution in [0.25, 0.3) is 0 Å². The molecule has 1 aromatic heterocycles. The van der Waals surface area contributed by atoms with Gasteiger partial charge in [-0.2, -0.15) is 0 Å². The number of piperazine rings is 1. The van der Waals surface area contributed by atoms with Gasteiger partial charge in [-0.15, -0.1) is 0 Å². The maximum absolute atomic E-state index is 12.3. The molecule has 1 aliphatic rings. The third-order valence-corrected chi connectivity index (χ3v) is 4.11. The molecule has 1 saturated heterocycles. The van der Waals surface area contributed by atoms with Crippen LogP contribution in [-0.4, -0.2) is 48.5 Å². The highest BCUT2D eigenvalue weighted by Crippen LogP contribution is 2.15. The average Bonchev–Trinajstić information content (AvgIpc) is 2.61. The monoisotopic (exact) mass is 330 g/mol. The van der Waals surface area contributed by atoms with E-state index in [1.54, 1.807) is 6.20 Å². The molecule has 1 amide bonds. The van der Waals surface area contributed by atoms with Gasteiger partial charge < -0.3 is 15.1 Å². The van der Waals surface area contributed by atoms with E-state index in [1.807, 2.05) is 47.4 Å². The minimum Gasteiger partial charge on any atom is -0.376 e. The van der Waals surface area contributed by atoms with Crippen molar-refractivity contribution < 1.29 is 4.79 Å². The molecule has 120 valence electrons. The van der Waals surface area contributed by atoms with E-state index in [1.165, 1.54) is 0 Å². The number of anilines is 2. The minimum atomic E-state index is 0.102. The lowest BCUT2D eigenvalue weighted by molar-refractivity contribution is -0.129. The summed E-state index contributed by atoms with van der Waals surface area (Å²) in [6, 6.07) is 13.3. The molecule has 1 N–H and O–H groups in total. The summed E-state index contributed by atoms with van der Waals surface area (Å²) in [6.45, 7) is 3.32. The second-order valence-corrected chi connectivity index (χ2v) is 5.86. The van der Waals surface area contributed by atoms with Crippen LogP contribution in [0.15, 0.2) is 48.7 Å². The van der Waals surface area contributed by atoms with Gasteiger partial charge in [0.1, 0.15) is 5.82 Å². The number of rotatable bonds is 4. The molecule has 1 aliphatic heterocycles. The Morgan fingerprint density at radius 2 is 1.96 bits per heavy atom. The molecule has 0 bridgehead atoms. The Labute approximate surface area is 140 Å². The molecule has 5 nitrogen and oxygen atoms in total. The van der Waals surface area contributed by atoms with E-state index in [-0.39, 0.29) is 12.5 Å². The Hall–Kier alpha value is -2.27. The first-order chi connectivity index (χ1) is 11.2. The molecule has 0 saturated carbocycles. The molecule has 0 unspecified atom stereocenters. The number of halogens is 1. The Kier molecular flexibility index (Phi) is 4.98. The van der Waals surface area contributed by atoms with Crippen molar-refractivity contribution in [3.8, 4) is 0 Å². The Morgan fingerprint density at radius 3 is 2.65 bits per heavy atom. The number of benzene rings is 1. The van der Waals surface area contributed by atoms with Crippen LogP contribution in [0.3, 0.4) is 0 Å². The number of hydrogen-bond acceptors (Lipinski definition) is 4. The molecule has 6 heteroatoms. The average molecular weight is 331 g/mol. The molecule has 0 aliphatic carbocycles.